The summed E-state index contributed by atoms with van der Waals surface area (Å²) in [5.41, 5.74) is 4.32. The maximum atomic E-state index is 13.3. The Morgan fingerprint density at radius 2 is 2.08 bits per heavy atom. The van der Waals surface area contributed by atoms with E-state index in [1.54, 1.807) is 4.90 Å². The van der Waals surface area contributed by atoms with Gasteiger partial charge in [-0.1, -0.05) is 18.6 Å². The van der Waals surface area contributed by atoms with Crippen LogP contribution in [0.25, 0.3) is 10.9 Å². The van der Waals surface area contributed by atoms with Crippen molar-refractivity contribution in [1.29, 1.82) is 0 Å². The predicted octanol–water partition coefficient (Wildman–Crippen LogP) is 2.51. The van der Waals surface area contributed by atoms with Crippen molar-refractivity contribution in [3.8, 4) is 0 Å². The second-order valence-corrected chi connectivity index (χ2v) is 6.43. The van der Waals surface area contributed by atoms with E-state index in [9.17, 15) is 9.59 Å². The van der Waals surface area contributed by atoms with Gasteiger partial charge in [0.15, 0.2) is 0 Å². The number of aryl methyl sites for hydroxylation is 2. The molecule has 1 atom stereocenters. The van der Waals surface area contributed by atoms with Gasteiger partial charge < -0.3 is 10.2 Å². The second kappa shape index (κ2) is 6.23. The fourth-order valence-corrected chi connectivity index (χ4v) is 3.38. The van der Waals surface area contributed by atoms with Gasteiger partial charge in [0.05, 0.1) is 11.1 Å². The van der Waals surface area contributed by atoms with Crippen LogP contribution in [0.5, 0.6) is 0 Å². The topological polar surface area (TPSA) is 62.3 Å². The predicted molar refractivity (Wildman–Crippen MR) is 94.1 cm³/mol. The van der Waals surface area contributed by atoms with Crippen molar-refractivity contribution in [2.75, 3.05) is 13.1 Å². The van der Waals surface area contributed by atoms with Crippen molar-refractivity contribution in [1.82, 2.24) is 15.2 Å². The van der Waals surface area contributed by atoms with Crippen LogP contribution in [0.2, 0.25) is 0 Å². The van der Waals surface area contributed by atoms with Gasteiger partial charge in [-0.3, -0.25) is 14.6 Å². The van der Waals surface area contributed by atoms with Crippen LogP contribution in [0.4, 0.5) is 0 Å². The van der Waals surface area contributed by atoms with Gasteiger partial charge in [-0.2, -0.15) is 0 Å². The fraction of sp³-hybridized carbons (Fsp3) is 0.421. The molecule has 5 nitrogen and oxygen atoms in total. The summed E-state index contributed by atoms with van der Waals surface area (Å²) in [4.78, 5) is 31.8. The molecule has 1 unspecified atom stereocenters. The number of fused-ring (bicyclic) bond motifs is 1. The van der Waals surface area contributed by atoms with Crippen LogP contribution in [0, 0.1) is 20.8 Å². The summed E-state index contributed by atoms with van der Waals surface area (Å²) in [6.07, 6.45) is 0.609. The van der Waals surface area contributed by atoms with E-state index in [0.717, 1.165) is 27.7 Å². The molecule has 1 saturated heterocycles. The number of benzene rings is 1. The molecule has 1 fully saturated rings. The number of piperazine rings is 1. The average Bonchev–Trinajstić information content (AvgIpc) is 2.56. The quantitative estimate of drug-likeness (QED) is 0.923. The molecule has 0 radical (unpaired) electrons. The van der Waals surface area contributed by atoms with Crippen LogP contribution < -0.4 is 5.32 Å². The monoisotopic (exact) mass is 325 g/mol. The summed E-state index contributed by atoms with van der Waals surface area (Å²) < 4.78 is 0. The van der Waals surface area contributed by atoms with Gasteiger partial charge in [0.25, 0.3) is 5.91 Å². The molecule has 2 amide bonds. The summed E-state index contributed by atoms with van der Waals surface area (Å²) in [7, 11) is 0. The molecular formula is C19H23N3O2. The molecule has 2 aromatic rings. The molecule has 0 bridgehead atoms. The highest BCUT2D eigenvalue weighted by Gasteiger charge is 2.33. The molecule has 0 saturated carbocycles. The minimum atomic E-state index is -0.404. The van der Waals surface area contributed by atoms with Crippen LogP contribution >= 0.6 is 0 Å². The van der Waals surface area contributed by atoms with Crippen molar-refractivity contribution >= 4 is 22.7 Å². The summed E-state index contributed by atoms with van der Waals surface area (Å²) in [6, 6.07) is 5.56. The molecule has 126 valence electrons. The molecule has 3 rings (SSSR count). The van der Waals surface area contributed by atoms with Gasteiger partial charge >= 0.3 is 0 Å². The Morgan fingerprint density at radius 1 is 1.33 bits per heavy atom. The van der Waals surface area contributed by atoms with Crippen LogP contribution in [-0.4, -0.2) is 40.8 Å². The van der Waals surface area contributed by atoms with E-state index >= 15 is 0 Å². The van der Waals surface area contributed by atoms with Crippen molar-refractivity contribution in [2.45, 2.75) is 40.2 Å². The zero-order valence-electron chi connectivity index (χ0n) is 14.6. The molecule has 1 aromatic heterocycles. The minimum absolute atomic E-state index is 0.0685. The standard InChI is InChI=1S/C19H23N3O2/c1-5-16-18(23)20-8-9-22(16)19(24)17-12(3)13(4)21-15-7-6-11(2)10-14(15)17/h6-7,10,16H,5,8-9H2,1-4H3,(H,20,23). The number of carbonyl (C=O) groups excluding carboxylic acids is 2. The van der Waals surface area contributed by atoms with Crippen molar-refractivity contribution in [2.24, 2.45) is 0 Å². The van der Waals surface area contributed by atoms with Gasteiger partial charge in [0.2, 0.25) is 5.91 Å². The summed E-state index contributed by atoms with van der Waals surface area (Å²) in [5.74, 6) is -0.142. The molecule has 1 aliphatic heterocycles. The molecule has 1 N–H and O–H groups in total. The Balaban J connectivity index is 2.17. The lowest BCUT2D eigenvalue weighted by atomic mass is 9.97. The van der Waals surface area contributed by atoms with Crippen molar-refractivity contribution < 1.29 is 9.59 Å². The summed E-state index contributed by atoms with van der Waals surface area (Å²) >= 11 is 0. The molecule has 5 heteroatoms. The first kappa shape index (κ1) is 16.4. The van der Waals surface area contributed by atoms with Crippen molar-refractivity contribution in [3.63, 3.8) is 0 Å². The van der Waals surface area contributed by atoms with E-state index in [1.165, 1.54) is 0 Å². The molecular weight excluding hydrogens is 302 g/mol. The van der Waals surface area contributed by atoms with Crippen LogP contribution in [0.1, 0.15) is 40.5 Å². The fourth-order valence-electron chi connectivity index (χ4n) is 3.38. The van der Waals surface area contributed by atoms with E-state index in [4.69, 9.17) is 0 Å². The van der Waals surface area contributed by atoms with Crippen molar-refractivity contribution in [3.05, 3.63) is 40.6 Å². The van der Waals surface area contributed by atoms with E-state index in [-0.39, 0.29) is 11.8 Å². The summed E-state index contributed by atoms with van der Waals surface area (Å²) in [6.45, 7) is 8.83. The normalized spacial score (nSPS) is 17.9. The molecule has 0 aliphatic carbocycles. The van der Waals surface area contributed by atoms with Gasteiger partial charge in [0.1, 0.15) is 6.04 Å². The zero-order chi connectivity index (χ0) is 17.4. The number of pyridine rings is 1. The highest BCUT2D eigenvalue weighted by molar-refractivity contribution is 6.09. The minimum Gasteiger partial charge on any atom is -0.353 e. The van der Waals surface area contributed by atoms with E-state index in [0.29, 0.717) is 25.1 Å². The number of nitrogens with one attached hydrogen (secondary N) is 1. The van der Waals surface area contributed by atoms with Gasteiger partial charge in [-0.25, -0.2) is 0 Å². The molecule has 0 spiro atoms. The largest absolute Gasteiger partial charge is 0.353 e. The van der Waals surface area contributed by atoms with E-state index < -0.39 is 6.04 Å². The number of nitrogens with zero attached hydrogens (tertiary/aromatic N) is 2. The second-order valence-electron chi connectivity index (χ2n) is 6.43. The maximum absolute atomic E-state index is 13.3. The number of carbonyl (C=O) groups is 2. The van der Waals surface area contributed by atoms with Crippen LogP contribution in [0.3, 0.4) is 0 Å². The SMILES string of the molecule is CCC1C(=O)NCCN1C(=O)c1c(C)c(C)nc2ccc(C)cc12. The third-order valence-electron chi connectivity index (χ3n) is 4.82. The van der Waals surface area contributed by atoms with Crippen LogP contribution in [0.15, 0.2) is 18.2 Å². The number of aromatic nitrogens is 1. The molecule has 24 heavy (non-hydrogen) atoms. The smallest absolute Gasteiger partial charge is 0.255 e. The highest BCUT2D eigenvalue weighted by atomic mass is 16.2. The molecule has 2 heterocycles. The Morgan fingerprint density at radius 3 is 2.79 bits per heavy atom. The Kier molecular flexibility index (Phi) is 4.26. The zero-order valence-corrected chi connectivity index (χ0v) is 14.6. The lowest BCUT2D eigenvalue weighted by molar-refractivity contribution is -0.127. The molecule has 1 aromatic carbocycles. The number of amides is 2. The Bertz CT molecular complexity index is 829. The first-order valence-corrected chi connectivity index (χ1v) is 8.40. The first-order valence-electron chi connectivity index (χ1n) is 8.40. The summed E-state index contributed by atoms with van der Waals surface area (Å²) in [5, 5.41) is 3.71. The average molecular weight is 325 g/mol. The third kappa shape index (κ3) is 2.64. The van der Waals surface area contributed by atoms with E-state index in [1.807, 2.05) is 45.9 Å². The van der Waals surface area contributed by atoms with Gasteiger partial charge in [0, 0.05) is 24.2 Å². The first-order chi connectivity index (χ1) is 11.4. The lowest BCUT2D eigenvalue weighted by Gasteiger charge is -2.35. The number of rotatable bonds is 2. The van der Waals surface area contributed by atoms with Crippen LogP contribution in [-0.2, 0) is 4.79 Å². The van der Waals surface area contributed by atoms with Gasteiger partial charge in [-0.05, 0) is 44.9 Å². The third-order valence-corrected chi connectivity index (χ3v) is 4.82. The van der Waals surface area contributed by atoms with E-state index in [2.05, 4.69) is 10.3 Å². The number of hydrogen-bond acceptors (Lipinski definition) is 3. The Labute approximate surface area is 142 Å². The van der Waals surface area contributed by atoms with Gasteiger partial charge in [-0.15, -0.1) is 0 Å². The lowest BCUT2D eigenvalue weighted by Crippen LogP contribution is -2.57. The maximum Gasteiger partial charge on any atom is 0.255 e. The Hall–Kier alpha value is -2.43. The highest BCUT2D eigenvalue weighted by Crippen LogP contribution is 2.26. The molecule has 1 aliphatic rings. The number of hydrogen-bond donors (Lipinski definition) is 1.